The molecule has 0 aromatic rings. The maximum atomic E-state index is 7.15. The molecule has 0 saturated carbocycles. The Labute approximate surface area is 419 Å². The van der Waals surface area contributed by atoms with Gasteiger partial charge in [-0.15, -0.1) is 0 Å². The van der Waals surface area contributed by atoms with E-state index in [0.29, 0.717) is 24.4 Å². The van der Waals surface area contributed by atoms with Crippen LogP contribution in [0.2, 0.25) is 0 Å². The molecule has 6 rings (SSSR count). The summed E-state index contributed by atoms with van der Waals surface area (Å²) in [5.74, 6) is 2.56. The third-order valence-corrected chi connectivity index (χ3v) is 19.4. The monoisotopic (exact) mass is 983 g/mol. The van der Waals surface area contributed by atoms with E-state index in [4.69, 9.17) is 61.6 Å². The Kier molecular flexibility index (Phi) is 21.2. The van der Waals surface area contributed by atoms with Crippen molar-refractivity contribution >= 4 is 0 Å². The summed E-state index contributed by atoms with van der Waals surface area (Å²) in [6, 6.07) is 0. The van der Waals surface area contributed by atoms with Crippen LogP contribution in [0.1, 0.15) is 157 Å². The Bertz CT molecular complexity index is 1510. The van der Waals surface area contributed by atoms with Gasteiger partial charge in [0.1, 0.15) is 6.10 Å². The van der Waals surface area contributed by atoms with Crippen LogP contribution in [0.5, 0.6) is 0 Å². The SMILES string of the molecule is CCC1OC(OCC2OC(OC)C(C)C(C)C2OC2OC(CC)C(OC3OC(CC)C(OC4OC(CC)C(OC5OC(CC)C(OC)C(C)C5C)C(C)C4C)C(C)C3C)C(C)C2C)C(C)C(C)C1C. The van der Waals surface area contributed by atoms with E-state index in [1.54, 1.807) is 14.2 Å². The number of rotatable bonds is 18. The molecule has 13 heteroatoms. The summed E-state index contributed by atoms with van der Waals surface area (Å²) in [6.45, 7) is 40.5. The van der Waals surface area contributed by atoms with Crippen LogP contribution in [0, 0.1) is 76.9 Å². The van der Waals surface area contributed by atoms with E-state index in [9.17, 15) is 0 Å². The van der Waals surface area contributed by atoms with Gasteiger partial charge in [-0.25, -0.2) is 0 Å². The summed E-state index contributed by atoms with van der Waals surface area (Å²) >= 11 is 0. The number of hydrogen-bond acceptors (Lipinski definition) is 13. The van der Waals surface area contributed by atoms with E-state index < -0.39 is 18.9 Å². The summed E-state index contributed by atoms with van der Waals surface area (Å²) in [4.78, 5) is 0. The highest BCUT2D eigenvalue weighted by Crippen LogP contribution is 2.46. The zero-order valence-corrected chi connectivity index (χ0v) is 46.9. The lowest BCUT2D eigenvalue weighted by atomic mass is 9.78. The van der Waals surface area contributed by atoms with Crippen molar-refractivity contribution in [3.05, 3.63) is 0 Å². The van der Waals surface area contributed by atoms with Crippen molar-refractivity contribution in [3.63, 3.8) is 0 Å². The minimum absolute atomic E-state index is 0.00299. The van der Waals surface area contributed by atoms with Crippen LogP contribution in [0.25, 0.3) is 0 Å². The fraction of sp³-hybridized carbons (Fsp3) is 1.00. The summed E-state index contributed by atoms with van der Waals surface area (Å²) < 4.78 is 87.4. The second-order valence-corrected chi connectivity index (χ2v) is 23.1. The highest BCUT2D eigenvalue weighted by Gasteiger charge is 2.53. The van der Waals surface area contributed by atoms with Crippen molar-refractivity contribution < 1.29 is 61.6 Å². The zero-order chi connectivity index (χ0) is 50.8. The minimum Gasteiger partial charge on any atom is -0.378 e. The van der Waals surface area contributed by atoms with Gasteiger partial charge in [-0.2, -0.15) is 0 Å². The Balaban J connectivity index is 1.09. The first-order valence-corrected chi connectivity index (χ1v) is 28.0. The summed E-state index contributed by atoms with van der Waals surface area (Å²) in [6.07, 6.45) is 0.573. The molecule has 0 aromatic carbocycles. The molecule has 0 amide bonds. The number of ether oxygens (including phenoxy) is 13. The average Bonchev–Trinajstić information content (AvgIpc) is 3.34. The lowest BCUT2D eigenvalue weighted by Crippen LogP contribution is -2.60. The van der Waals surface area contributed by atoms with E-state index in [1.807, 2.05) is 0 Å². The molecule has 0 radical (unpaired) electrons. The maximum Gasteiger partial charge on any atom is 0.161 e. The molecule has 6 heterocycles. The van der Waals surface area contributed by atoms with E-state index >= 15 is 0 Å². The highest BCUT2D eigenvalue weighted by atomic mass is 16.8. The smallest absolute Gasteiger partial charge is 0.161 e. The maximum absolute atomic E-state index is 7.15. The Morgan fingerprint density at radius 3 is 0.870 bits per heavy atom. The van der Waals surface area contributed by atoms with Crippen molar-refractivity contribution in [1.82, 2.24) is 0 Å². The zero-order valence-electron chi connectivity index (χ0n) is 46.9. The summed E-state index contributed by atoms with van der Waals surface area (Å²) in [5.41, 5.74) is 0. The predicted molar refractivity (Wildman–Crippen MR) is 266 cm³/mol. The Morgan fingerprint density at radius 1 is 0.261 bits per heavy atom. The number of methoxy groups -OCH3 is 2. The molecular weight excluding hydrogens is 881 g/mol. The molecule has 0 bridgehead atoms. The van der Waals surface area contributed by atoms with Gasteiger partial charge in [-0.3, -0.25) is 0 Å². The third-order valence-electron chi connectivity index (χ3n) is 19.4. The first-order chi connectivity index (χ1) is 32.8. The van der Waals surface area contributed by atoms with Crippen molar-refractivity contribution in [2.24, 2.45) is 76.9 Å². The van der Waals surface area contributed by atoms with Crippen LogP contribution in [0.15, 0.2) is 0 Å². The summed E-state index contributed by atoms with van der Waals surface area (Å²) in [7, 11) is 3.50. The Morgan fingerprint density at radius 2 is 0.536 bits per heavy atom. The third kappa shape index (κ3) is 12.1. The molecule has 404 valence electrons. The van der Waals surface area contributed by atoms with E-state index in [2.05, 4.69) is 125 Å². The summed E-state index contributed by atoms with van der Waals surface area (Å²) in [5, 5.41) is 0. The Hall–Kier alpha value is -0.520. The molecule has 6 aliphatic rings. The molecule has 6 saturated heterocycles. The van der Waals surface area contributed by atoms with Gasteiger partial charge in [0.15, 0.2) is 37.7 Å². The van der Waals surface area contributed by atoms with Gasteiger partial charge in [0, 0.05) is 49.7 Å². The largest absolute Gasteiger partial charge is 0.378 e. The first-order valence-electron chi connectivity index (χ1n) is 28.0. The van der Waals surface area contributed by atoms with Crippen molar-refractivity contribution in [3.8, 4) is 0 Å². The molecule has 6 fully saturated rings. The van der Waals surface area contributed by atoms with Gasteiger partial charge < -0.3 is 61.6 Å². The number of hydrogen-bond donors (Lipinski definition) is 0. The van der Waals surface area contributed by atoms with Gasteiger partial charge in [-0.05, 0) is 73.5 Å². The topological polar surface area (TPSA) is 120 Å². The highest BCUT2D eigenvalue weighted by molar-refractivity contribution is 4.95. The molecule has 0 spiro atoms. The second-order valence-electron chi connectivity index (χ2n) is 23.1. The molecule has 13 nitrogen and oxygen atoms in total. The normalized spacial score (nSPS) is 52.2. The average molecular weight is 983 g/mol. The van der Waals surface area contributed by atoms with Gasteiger partial charge >= 0.3 is 0 Å². The van der Waals surface area contributed by atoms with E-state index in [0.717, 1.165) is 32.1 Å². The second kappa shape index (κ2) is 25.3. The van der Waals surface area contributed by atoms with Crippen LogP contribution in [-0.4, -0.2) is 126 Å². The van der Waals surface area contributed by atoms with E-state index in [1.165, 1.54) is 0 Å². The van der Waals surface area contributed by atoms with E-state index in [-0.39, 0.29) is 145 Å². The predicted octanol–water partition coefficient (Wildman–Crippen LogP) is 10.9. The molecule has 30 unspecified atom stereocenters. The first kappa shape index (κ1) is 57.8. The van der Waals surface area contributed by atoms with Crippen molar-refractivity contribution in [1.29, 1.82) is 0 Å². The molecule has 6 aliphatic heterocycles. The molecular formula is C56H102O13. The molecule has 0 N–H and O–H groups in total. The van der Waals surface area contributed by atoms with Gasteiger partial charge in [0.2, 0.25) is 0 Å². The van der Waals surface area contributed by atoms with Crippen LogP contribution in [0.4, 0.5) is 0 Å². The quantitative estimate of drug-likeness (QED) is 0.130. The minimum atomic E-state index is -0.454. The lowest BCUT2D eigenvalue weighted by molar-refractivity contribution is -0.366. The van der Waals surface area contributed by atoms with Crippen LogP contribution >= 0.6 is 0 Å². The van der Waals surface area contributed by atoms with Gasteiger partial charge in [0.05, 0.1) is 67.6 Å². The lowest BCUT2D eigenvalue weighted by Gasteiger charge is -2.52. The van der Waals surface area contributed by atoms with Gasteiger partial charge in [-0.1, -0.05) is 125 Å². The van der Waals surface area contributed by atoms with Crippen LogP contribution in [0.3, 0.4) is 0 Å². The fourth-order valence-corrected chi connectivity index (χ4v) is 12.8. The molecule has 69 heavy (non-hydrogen) atoms. The van der Waals surface area contributed by atoms with Crippen LogP contribution in [-0.2, 0) is 61.6 Å². The molecule has 0 aromatic heterocycles. The van der Waals surface area contributed by atoms with Crippen LogP contribution < -0.4 is 0 Å². The molecule has 30 atom stereocenters. The van der Waals surface area contributed by atoms with Crippen molar-refractivity contribution in [2.75, 3.05) is 20.8 Å². The standard InChI is InChI=1S/C56H102O13/c1-21-40-28(7)27(6)34(13)52(60-40)59-26-45-50(30(9)35(14)51(58-20)65-45)69-56-39(18)33(12)49(44(25-5)64-56)68-55-38(17)32(11)48(43(24-4)63-55)67-54-37(16)31(10)47(42(23-3)62-54)66-53-36(15)29(8)46(57-19)41(22-2)61-53/h27-56H,21-26H2,1-20H3. The fourth-order valence-electron chi connectivity index (χ4n) is 12.8. The van der Waals surface area contributed by atoms with Crippen molar-refractivity contribution in [2.45, 2.75) is 262 Å². The molecule has 0 aliphatic carbocycles. The van der Waals surface area contributed by atoms with Gasteiger partial charge in [0.25, 0.3) is 0 Å².